The van der Waals surface area contributed by atoms with E-state index in [2.05, 4.69) is 22.6 Å². The van der Waals surface area contributed by atoms with Gasteiger partial charge in [0.2, 0.25) is 0 Å². The topological polar surface area (TPSA) is 104 Å². The summed E-state index contributed by atoms with van der Waals surface area (Å²) in [5.74, 6) is -0.546. The molecular weight excluding hydrogens is 695 g/mol. The standard InChI is InChI=1S/C34H39IO8S/c1-20-15-17-25(18-16-20)44-28-26(36)27(42-31(37)24-13-9-6-10-14-24)21(2)40-32(28)43-30-22(3)41-33(29(35)34(30,4)38)39-19-23-11-7-5-8-12-23/h5-18,21-22,26-30,32-33,36,38H,19H2,1-4H3/t21-,22+,26+,27-,28-,29+,30+,32+,33-,34+/m1/s1. The molecule has 5 rings (SSSR count). The first-order valence-electron chi connectivity index (χ1n) is 14.7. The lowest BCUT2D eigenvalue weighted by atomic mass is 9.88. The third-order valence-corrected chi connectivity index (χ3v) is 11.2. The zero-order valence-corrected chi connectivity index (χ0v) is 28.1. The fourth-order valence-corrected chi connectivity index (χ4v) is 7.33. The van der Waals surface area contributed by atoms with Gasteiger partial charge >= 0.3 is 5.97 Å². The zero-order chi connectivity index (χ0) is 31.4. The van der Waals surface area contributed by atoms with Crippen molar-refractivity contribution in [3.8, 4) is 0 Å². The molecule has 0 amide bonds. The van der Waals surface area contributed by atoms with Crippen molar-refractivity contribution in [2.75, 3.05) is 0 Å². The van der Waals surface area contributed by atoms with Crippen molar-refractivity contribution in [3.05, 3.63) is 102 Å². The summed E-state index contributed by atoms with van der Waals surface area (Å²) in [5.41, 5.74) is 1.12. The summed E-state index contributed by atoms with van der Waals surface area (Å²) in [7, 11) is 0. The summed E-state index contributed by atoms with van der Waals surface area (Å²) < 4.78 is 30.6. The SMILES string of the molecule is Cc1ccc(S[C@H]2[C@H](O[C@H]3[C@H](C)O[C@@H](OCc4ccccc4)[C@H](I)[C@]3(C)O)O[C@H](C)[C@@H](OC(=O)c3ccccc3)[C@@H]2O)cc1. The highest BCUT2D eigenvalue weighted by Crippen LogP contribution is 2.42. The van der Waals surface area contributed by atoms with Gasteiger partial charge in [0.1, 0.15) is 17.8 Å². The van der Waals surface area contributed by atoms with E-state index in [0.29, 0.717) is 12.2 Å². The highest BCUT2D eigenvalue weighted by Gasteiger charge is 2.55. The fraction of sp³-hybridized carbons (Fsp3) is 0.441. The molecule has 0 aromatic heterocycles. The minimum absolute atomic E-state index is 0.340. The number of thioether (sulfide) groups is 1. The second-order valence-electron chi connectivity index (χ2n) is 11.5. The average molecular weight is 735 g/mol. The monoisotopic (exact) mass is 734 g/mol. The summed E-state index contributed by atoms with van der Waals surface area (Å²) in [6.07, 6.45) is -5.77. The number of aliphatic hydroxyl groups is 2. The van der Waals surface area contributed by atoms with Crippen LogP contribution in [0.2, 0.25) is 0 Å². The molecule has 2 aliphatic rings. The number of carbonyl (C=O) groups excluding carboxylic acids is 1. The van der Waals surface area contributed by atoms with E-state index in [1.54, 1.807) is 38.1 Å². The molecule has 3 aromatic rings. The van der Waals surface area contributed by atoms with E-state index >= 15 is 0 Å². The molecule has 0 radical (unpaired) electrons. The van der Waals surface area contributed by atoms with Crippen LogP contribution < -0.4 is 0 Å². The number of esters is 1. The summed E-state index contributed by atoms with van der Waals surface area (Å²) in [6.45, 7) is 7.62. The first kappa shape index (κ1) is 33.3. The van der Waals surface area contributed by atoms with Crippen LogP contribution in [-0.2, 0) is 30.3 Å². The number of carbonyl (C=O) groups is 1. The van der Waals surface area contributed by atoms with Crippen LogP contribution in [0.1, 0.15) is 42.3 Å². The maximum Gasteiger partial charge on any atom is 0.338 e. The van der Waals surface area contributed by atoms with Gasteiger partial charge in [-0.1, -0.05) is 88.8 Å². The lowest BCUT2D eigenvalue weighted by Gasteiger charge is -2.50. The van der Waals surface area contributed by atoms with Crippen molar-refractivity contribution in [2.24, 2.45) is 0 Å². The van der Waals surface area contributed by atoms with Crippen LogP contribution in [-0.4, -0.2) is 74.1 Å². The van der Waals surface area contributed by atoms with E-state index in [1.807, 2.05) is 74.5 Å². The third kappa shape index (κ3) is 7.67. The van der Waals surface area contributed by atoms with Gasteiger partial charge in [0, 0.05) is 4.90 Å². The van der Waals surface area contributed by atoms with Gasteiger partial charge in [-0.05, 0) is 57.5 Å². The Morgan fingerprint density at radius 3 is 2.20 bits per heavy atom. The molecule has 8 nitrogen and oxygen atoms in total. The van der Waals surface area contributed by atoms with E-state index in [4.69, 9.17) is 23.7 Å². The number of alkyl halides is 1. The van der Waals surface area contributed by atoms with Crippen LogP contribution in [0.25, 0.3) is 0 Å². The molecule has 0 saturated carbocycles. The number of rotatable bonds is 9. The highest BCUT2D eigenvalue weighted by atomic mass is 127. The van der Waals surface area contributed by atoms with E-state index in [1.165, 1.54) is 11.8 Å². The predicted molar refractivity (Wildman–Crippen MR) is 176 cm³/mol. The first-order valence-corrected chi connectivity index (χ1v) is 16.8. The number of halogens is 1. The van der Waals surface area contributed by atoms with Crippen molar-refractivity contribution < 1.29 is 38.7 Å². The lowest BCUT2D eigenvalue weighted by Crippen LogP contribution is -2.66. The van der Waals surface area contributed by atoms with Crippen LogP contribution in [0, 0.1) is 6.92 Å². The Balaban J connectivity index is 1.34. The molecule has 2 aliphatic heterocycles. The molecule has 2 fully saturated rings. The molecule has 2 N–H and O–H groups in total. The number of aliphatic hydroxyl groups excluding tert-OH is 1. The van der Waals surface area contributed by atoms with E-state index in [-0.39, 0.29) is 0 Å². The van der Waals surface area contributed by atoms with Gasteiger partial charge in [-0.25, -0.2) is 4.79 Å². The Morgan fingerprint density at radius 1 is 0.932 bits per heavy atom. The second-order valence-corrected chi connectivity index (χ2v) is 14.1. The lowest BCUT2D eigenvalue weighted by molar-refractivity contribution is -0.324. The van der Waals surface area contributed by atoms with Gasteiger partial charge in [0.15, 0.2) is 18.7 Å². The Hall–Kier alpha value is -2.03. The van der Waals surface area contributed by atoms with Gasteiger partial charge in [0.25, 0.3) is 0 Å². The van der Waals surface area contributed by atoms with Crippen LogP contribution in [0.3, 0.4) is 0 Å². The molecule has 3 aromatic carbocycles. The average Bonchev–Trinajstić information content (AvgIpc) is 3.02. The number of benzene rings is 3. The first-order chi connectivity index (χ1) is 21.0. The van der Waals surface area contributed by atoms with E-state index in [0.717, 1.165) is 16.0 Å². The van der Waals surface area contributed by atoms with Crippen molar-refractivity contribution >= 4 is 40.3 Å². The molecule has 10 heteroatoms. The maximum absolute atomic E-state index is 13.0. The third-order valence-electron chi connectivity index (χ3n) is 7.98. The van der Waals surface area contributed by atoms with Crippen LogP contribution in [0.15, 0.2) is 89.8 Å². The number of aryl methyl sites for hydroxylation is 1. The Labute approximate surface area is 276 Å². The highest BCUT2D eigenvalue weighted by molar-refractivity contribution is 14.1. The molecule has 0 spiro atoms. The minimum atomic E-state index is -1.37. The van der Waals surface area contributed by atoms with Crippen LogP contribution in [0.5, 0.6) is 0 Å². The fourth-order valence-electron chi connectivity index (χ4n) is 5.46. The van der Waals surface area contributed by atoms with Crippen molar-refractivity contribution in [3.63, 3.8) is 0 Å². The van der Waals surface area contributed by atoms with Crippen molar-refractivity contribution in [1.82, 2.24) is 0 Å². The maximum atomic E-state index is 13.0. The molecule has 0 bridgehead atoms. The Kier molecular flexibility index (Phi) is 11.1. The van der Waals surface area contributed by atoms with Gasteiger partial charge in [-0.15, -0.1) is 11.8 Å². The normalized spacial score (nSPS) is 33.9. The van der Waals surface area contributed by atoms with Gasteiger partial charge < -0.3 is 33.9 Å². The molecule has 0 aliphatic carbocycles. The predicted octanol–water partition coefficient (Wildman–Crippen LogP) is 5.69. The summed E-state index contributed by atoms with van der Waals surface area (Å²) >= 11 is 3.52. The minimum Gasteiger partial charge on any atom is -0.453 e. The second kappa shape index (κ2) is 14.6. The van der Waals surface area contributed by atoms with Gasteiger partial charge in [0.05, 0.1) is 33.6 Å². The molecule has 2 heterocycles. The van der Waals surface area contributed by atoms with Crippen molar-refractivity contribution in [1.29, 1.82) is 0 Å². The molecule has 0 unspecified atom stereocenters. The smallest absolute Gasteiger partial charge is 0.338 e. The quantitative estimate of drug-likeness (QED) is 0.163. The Morgan fingerprint density at radius 2 is 1.55 bits per heavy atom. The van der Waals surface area contributed by atoms with Gasteiger partial charge in [-0.3, -0.25) is 0 Å². The molecule has 44 heavy (non-hydrogen) atoms. The summed E-state index contributed by atoms with van der Waals surface area (Å²) in [6, 6.07) is 26.3. The van der Waals surface area contributed by atoms with E-state index in [9.17, 15) is 15.0 Å². The van der Waals surface area contributed by atoms with Gasteiger partial charge in [-0.2, -0.15) is 0 Å². The summed E-state index contributed by atoms with van der Waals surface area (Å²) in [4.78, 5) is 13.8. The molecule has 10 atom stereocenters. The largest absolute Gasteiger partial charge is 0.453 e. The molecule has 2 saturated heterocycles. The molecular formula is C34H39IO8S. The summed E-state index contributed by atoms with van der Waals surface area (Å²) in [5, 5.41) is 22.8. The number of hydrogen-bond acceptors (Lipinski definition) is 9. The number of ether oxygens (including phenoxy) is 5. The molecule has 236 valence electrons. The number of hydrogen-bond donors (Lipinski definition) is 2. The van der Waals surface area contributed by atoms with Crippen LogP contribution in [0.4, 0.5) is 0 Å². The van der Waals surface area contributed by atoms with Crippen molar-refractivity contribution in [2.45, 2.75) is 97.1 Å². The Bertz CT molecular complexity index is 1360. The van der Waals surface area contributed by atoms with E-state index < -0.39 is 63.8 Å². The van der Waals surface area contributed by atoms with Crippen LogP contribution >= 0.6 is 34.4 Å². The zero-order valence-electron chi connectivity index (χ0n) is 25.1.